The van der Waals surface area contributed by atoms with E-state index >= 15 is 0 Å². The van der Waals surface area contributed by atoms with E-state index in [9.17, 15) is 14.7 Å². The van der Waals surface area contributed by atoms with Crippen molar-refractivity contribution in [3.8, 4) is 17.3 Å². The van der Waals surface area contributed by atoms with Crippen LogP contribution in [-0.2, 0) is 19.7 Å². The van der Waals surface area contributed by atoms with Gasteiger partial charge >= 0.3 is 11.9 Å². The van der Waals surface area contributed by atoms with Crippen LogP contribution in [0.1, 0.15) is 139 Å². The van der Waals surface area contributed by atoms with Crippen molar-refractivity contribution in [3.05, 3.63) is 35.4 Å². The Morgan fingerprint density at radius 2 is 1.69 bits per heavy atom. The Hall–Kier alpha value is -3.23. The van der Waals surface area contributed by atoms with Gasteiger partial charge in [-0.2, -0.15) is 0 Å². The number of carbonyl (C=O) groups excluding carboxylic acids is 1. The third kappa shape index (κ3) is 5.32. The highest BCUT2D eigenvalue weighted by molar-refractivity contribution is 5.81. The lowest BCUT2D eigenvalue weighted by Gasteiger charge is -2.72. The minimum atomic E-state index is -1.15. The normalized spacial score (nSPS) is 36.8. The Balaban J connectivity index is 1.18. The average molecular weight is 716 g/mol. The zero-order chi connectivity index (χ0) is 37.6. The fraction of sp³-hybridized carbons (Fsp3) is 0.744. The van der Waals surface area contributed by atoms with E-state index in [0.717, 1.165) is 62.8 Å². The minimum Gasteiger partial charge on any atom is -0.481 e. The smallest absolute Gasteiger partial charge is 0.309 e. The van der Waals surface area contributed by atoms with Gasteiger partial charge in [-0.1, -0.05) is 59.6 Å². The standard InChI is InChI=1S/C43H61N3O6/c1-25(2)27-15-20-43(36-46-45-35(52-36)26-11-14-32(50-10)44-24-26)22-21-41(8)28(34(27)43)12-13-30-40(7)18-17-31(51-33(47)23-38(3,4)37(48)49)39(5,6)29(40)16-19-42(30,41)9/h11,14,24-25,28-31H,12-13,15-23H2,1-10H3,(H,48,49)/t28-,29+,30-,31+,40+,41-,42-,43+/m1/s1. The van der Waals surface area contributed by atoms with Gasteiger partial charge in [-0.3, -0.25) is 9.59 Å². The van der Waals surface area contributed by atoms with E-state index in [-0.39, 0.29) is 39.6 Å². The molecule has 2 aromatic rings. The summed E-state index contributed by atoms with van der Waals surface area (Å²) in [6.07, 6.45) is 12.2. The van der Waals surface area contributed by atoms with Crippen LogP contribution in [0.4, 0.5) is 0 Å². The van der Waals surface area contributed by atoms with Crippen LogP contribution in [0.5, 0.6) is 5.88 Å². The van der Waals surface area contributed by atoms with Crippen molar-refractivity contribution in [1.29, 1.82) is 0 Å². The van der Waals surface area contributed by atoms with Crippen LogP contribution >= 0.6 is 0 Å². The highest BCUT2D eigenvalue weighted by Gasteiger charge is 2.70. The molecule has 5 aliphatic carbocycles. The third-order valence-electron chi connectivity index (χ3n) is 16.1. The molecule has 8 atom stereocenters. The highest BCUT2D eigenvalue weighted by Crippen LogP contribution is 2.77. The molecule has 1 N–H and O–H groups in total. The monoisotopic (exact) mass is 715 g/mol. The molecule has 0 bridgehead atoms. The van der Waals surface area contributed by atoms with Crippen molar-refractivity contribution in [3.63, 3.8) is 0 Å². The number of aromatic nitrogens is 3. The molecule has 9 nitrogen and oxygen atoms in total. The van der Waals surface area contributed by atoms with Crippen LogP contribution in [-0.4, -0.2) is 45.4 Å². The molecule has 284 valence electrons. The molecule has 4 fully saturated rings. The van der Waals surface area contributed by atoms with Gasteiger partial charge in [0.15, 0.2) is 0 Å². The summed E-state index contributed by atoms with van der Waals surface area (Å²) in [4.78, 5) is 29.2. The van der Waals surface area contributed by atoms with E-state index in [1.165, 1.54) is 12.8 Å². The number of fused-ring (bicyclic) bond motifs is 7. The number of methoxy groups -OCH3 is 1. The Bertz CT molecular complexity index is 1760. The molecule has 0 aliphatic heterocycles. The molecule has 2 aromatic heterocycles. The molecule has 0 unspecified atom stereocenters. The lowest BCUT2D eigenvalue weighted by atomic mass is 9.33. The predicted molar refractivity (Wildman–Crippen MR) is 198 cm³/mol. The number of hydrogen-bond acceptors (Lipinski definition) is 8. The first-order valence-corrected chi connectivity index (χ1v) is 19.8. The SMILES string of the molecule is COc1ccc(-c2nnc([C@]34CCC(C(C)C)=C3[C@H]3CC[C@@H]5[C@@]6(C)CC[C@H](OC(=O)CC(C)(C)C(=O)O)C(C)(C)[C@@H]6CC[C@@]5(C)[C@]3(C)CC4)o2)cn1. The number of allylic oxidation sites excluding steroid dienone is 2. The van der Waals surface area contributed by atoms with Gasteiger partial charge in [-0.05, 0) is 124 Å². The molecular weight excluding hydrogens is 654 g/mol. The quantitative estimate of drug-likeness (QED) is 0.210. The molecule has 52 heavy (non-hydrogen) atoms. The summed E-state index contributed by atoms with van der Waals surface area (Å²) in [5.74, 6) is 2.38. The van der Waals surface area contributed by atoms with Crippen molar-refractivity contribution in [2.75, 3.05) is 7.11 Å². The number of carbonyl (C=O) groups is 2. The van der Waals surface area contributed by atoms with E-state index in [1.54, 1.807) is 38.3 Å². The number of esters is 1. The van der Waals surface area contributed by atoms with Crippen molar-refractivity contribution in [2.24, 2.45) is 50.7 Å². The van der Waals surface area contributed by atoms with Gasteiger partial charge in [0.2, 0.25) is 17.7 Å². The van der Waals surface area contributed by atoms with Crippen molar-refractivity contribution in [1.82, 2.24) is 15.2 Å². The van der Waals surface area contributed by atoms with Crippen molar-refractivity contribution in [2.45, 2.75) is 144 Å². The van der Waals surface area contributed by atoms with Crippen LogP contribution in [0.3, 0.4) is 0 Å². The zero-order valence-electron chi connectivity index (χ0n) is 33.2. The summed E-state index contributed by atoms with van der Waals surface area (Å²) in [7, 11) is 1.61. The first-order chi connectivity index (χ1) is 24.3. The van der Waals surface area contributed by atoms with Gasteiger partial charge < -0.3 is 19.0 Å². The van der Waals surface area contributed by atoms with Crippen LogP contribution < -0.4 is 4.74 Å². The Labute approximate surface area is 310 Å². The number of carboxylic acid groups (broad SMARTS) is 1. The van der Waals surface area contributed by atoms with Gasteiger partial charge in [0.25, 0.3) is 0 Å². The average Bonchev–Trinajstić information content (AvgIpc) is 3.73. The van der Waals surface area contributed by atoms with E-state index in [0.29, 0.717) is 35.4 Å². The van der Waals surface area contributed by atoms with Crippen molar-refractivity contribution < 1.29 is 28.6 Å². The summed E-state index contributed by atoms with van der Waals surface area (Å²) in [6, 6.07) is 3.76. The molecule has 0 aromatic carbocycles. The minimum absolute atomic E-state index is 0.114. The summed E-state index contributed by atoms with van der Waals surface area (Å²) < 4.78 is 18.1. The fourth-order valence-electron chi connectivity index (χ4n) is 13.0. The maximum atomic E-state index is 13.1. The van der Waals surface area contributed by atoms with E-state index < -0.39 is 17.4 Å². The lowest BCUT2D eigenvalue weighted by Crippen LogP contribution is -2.66. The molecule has 0 spiro atoms. The van der Waals surface area contributed by atoms with Gasteiger partial charge in [-0.25, -0.2) is 4.98 Å². The summed E-state index contributed by atoms with van der Waals surface area (Å²) in [5.41, 5.74) is 2.87. The van der Waals surface area contributed by atoms with Crippen LogP contribution in [0.15, 0.2) is 33.9 Å². The van der Waals surface area contributed by atoms with E-state index in [4.69, 9.17) is 19.0 Å². The number of carboxylic acids is 1. The van der Waals surface area contributed by atoms with E-state index in [2.05, 4.69) is 58.5 Å². The number of nitrogens with zero attached hydrogens (tertiary/aromatic N) is 3. The predicted octanol–water partition coefficient (Wildman–Crippen LogP) is 9.61. The molecule has 2 heterocycles. The molecule has 0 radical (unpaired) electrons. The number of aliphatic carboxylic acids is 1. The second kappa shape index (κ2) is 12.4. The third-order valence-corrected chi connectivity index (χ3v) is 16.1. The fourth-order valence-corrected chi connectivity index (χ4v) is 13.0. The number of pyridine rings is 1. The largest absolute Gasteiger partial charge is 0.481 e. The first kappa shape index (κ1) is 37.1. The maximum Gasteiger partial charge on any atom is 0.309 e. The molecule has 9 heteroatoms. The molecule has 5 aliphatic rings. The Morgan fingerprint density at radius 3 is 2.35 bits per heavy atom. The summed E-state index contributed by atoms with van der Waals surface area (Å²) in [6.45, 7) is 20.4. The summed E-state index contributed by atoms with van der Waals surface area (Å²) in [5, 5.41) is 19.0. The highest BCUT2D eigenvalue weighted by atomic mass is 16.5. The second-order valence-electron chi connectivity index (χ2n) is 19.5. The molecule has 0 amide bonds. The van der Waals surface area contributed by atoms with Crippen LogP contribution in [0.2, 0.25) is 0 Å². The Morgan fingerprint density at radius 1 is 0.942 bits per heavy atom. The molecule has 4 saturated carbocycles. The van der Waals surface area contributed by atoms with Crippen molar-refractivity contribution >= 4 is 11.9 Å². The zero-order valence-corrected chi connectivity index (χ0v) is 33.2. The van der Waals surface area contributed by atoms with Gasteiger partial charge in [0.1, 0.15) is 6.10 Å². The molecular formula is C43H61N3O6. The van der Waals surface area contributed by atoms with Crippen LogP contribution in [0.25, 0.3) is 11.5 Å². The lowest BCUT2D eigenvalue weighted by molar-refractivity contribution is -0.232. The first-order valence-electron chi connectivity index (χ1n) is 19.8. The second-order valence-corrected chi connectivity index (χ2v) is 19.5. The summed E-state index contributed by atoms with van der Waals surface area (Å²) >= 11 is 0. The molecule has 0 saturated heterocycles. The topological polar surface area (TPSA) is 125 Å². The number of hydrogen-bond donors (Lipinski definition) is 1. The van der Waals surface area contributed by atoms with E-state index in [1.807, 2.05) is 12.1 Å². The Kier molecular flexibility index (Phi) is 8.85. The maximum absolute atomic E-state index is 13.1. The number of rotatable bonds is 8. The molecule has 7 rings (SSSR count). The van der Waals surface area contributed by atoms with Gasteiger partial charge in [0, 0.05) is 17.7 Å². The number of ether oxygens (including phenoxy) is 2. The van der Waals surface area contributed by atoms with Crippen LogP contribution in [0, 0.1) is 50.7 Å². The van der Waals surface area contributed by atoms with Gasteiger partial charge in [-0.15, -0.1) is 10.2 Å². The van der Waals surface area contributed by atoms with Gasteiger partial charge in [0.05, 0.1) is 29.9 Å².